The molecule has 1 unspecified atom stereocenters. The first kappa shape index (κ1) is 19.9. The fourth-order valence-corrected chi connectivity index (χ4v) is 3.52. The van der Waals surface area contributed by atoms with E-state index in [1.54, 1.807) is 11.9 Å². The molecule has 158 valence electrons. The van der Waals surface area contributed by atoms with Crippen molar-refractivity contribution >= 4 is 17.1 Å². The highest BCUT2D eigenvalue weighted by Gasteiger charge is 2.26. The molecule has 2 aromatic heterocycles. The third kappa shape index (κ3) is 3.73. The second-order valence-corrected chi connectivity index (χ2v) is 7.21. The van der Waals surface area contributed by atoms with Crippen molar-refractivity contribution in [2.45, 2.75) is 12.6 Å². The Balaban J connectivity index is 1.46. The minimum atomic E-state index is -0.477. The summed E-state index contributed by atoms with van der Waals surface area (Å²) >= 11 is 0. The van der Waals surface area contributed by atoms with Crippen molar-refractivity contribution in [2.75, 3.05) is 26.3 Å². The smallest absolute Gasteiger partial charge is 0.332 e. The van der Waals surface area contributed by atoms with E-state index in [0.29, 0.717) is 26.3 Å². The summed E-state index contributed by atoms with van der Waals surface area (Å²) in [6.45, 7) is 1.56. The van der Waals surface area contributed by atoms with E-state index < -0.39 is 11.2 Å². The Morgan fingerprint density at radius 3 is 2.73 bits per heavy atom. The maximum atomic E-state index is 12.9. The molecular weight excluding hydrogens is 390 g/mol. The number of amides is 1. The number of aryl methyl sites for hydroxylation is 1. The molecule has 1 aromatic carbocycles. The Morgan fingerprint density at radius 2 is 1.97 bits per heavy atom. The van der Waals surface area contributed by atoms with Crippen LogP contribution >= 0.6 is 0 Å². The highest BCUT2D eigenvalue weighted by atomic mass is 16.5. The lowest BCUT2D eigenvalue weighted by Gasteiger charge is -2.33. The molecule has 0 bridgehead atoms. The van der Waals surface area contributed by atoms with Crippen molar-refractivity contribution in [3.05, 3.63) is 57.5 Å². The number of aromatic nitrogens is 4. The van der Waals surface area contributed by atoms with E-state index in [9.17, 15) is 14.4 Å². The SMILES string of the molecule is Cn1c(=O)c2c(ncn2CC(=O)N2CCOC(COc3ccccc3)C2)n(C)c1=O. The highest BCUT2D eigenvalue weighted by molar-refractivity contribution is 5.79. The molecule has 10 heteroatoms. The molecule has 1 aliphatic rings. The van der Waals surface area contributed by atoms with E-state index in [2.05, 4.69) is 4.98 Å². The second-order valence-electron chi connectivity index (χ2n) is 7.21. The van der Waals surface area contributed by atoms with E-state index in [1.165, 1.54) is 22.5 Å². The molecular formula is C20H23N5O5. The summed E-state index contributed by atoms with van der Waals surface area (Å²) in [6.07, 6.45) is 1.18. The predicted molar refractivity (Wildman–Crippen MR) is 108 cm³/mol. The van der Waals surface area contributed by atoms with E-state index in [1.807, 2.05) is 30.3 Å². The first-order valence-corrected chi connectivity index (χ1v) is 9.64. The lowest BCUT2D eigenvalue weighted by Crippen LogP contribution is -2.48. The van der Waals surface area contributed by atoms with Crippen LogP contribution in [0.1, 0.15) is 0 Å². The second kappa shape index (κ2) is 8.15. The van der Waals surface area contributed by atoms with Gasteiger partial charge in [0, 0.05) is 20.6 Å². The Labute approximate surface area is 171 Å². The van der Waals surface area contributed by atoms with Crippen LogP contribution < -0.4 is 16.0 Å². The number of carbonyl (C=O) groups is 1. The van der Waals surface area contributed by atoms with Gasteiger partial charge in [0.2, 0.25) is 5.91 Å². The van der Waals surface area contributed by atoms with Crippen LogP contribution in [-0.2, 0) is 30.2 Å². The predicted octanol–water partition coefficient (Wildman–Crippen LogP) is -0.260. The van der Waals surface area contributed by atoms with Gasteiger partial charge in [-0.3, -0.25) is 18.7 Å². The fourth-order valence-electron chi connectivity index (χ4n) is 3.52. The normalized spacial score (nSPS) is 16.7. The van der Waals surface area contributed by atoms with Crippen molar-refractivity contribution in [1.82, 2.24) is 23.6 Å². The Hall–Kier alpha value is -3.40. The van der Waals surface area contributed by atoms with Crippen molar-refractivity contribution in [3.63, 3.8) is 0 Å². The summed E-state index contributed by atoms with van der Waals surface area (Å²) in [4.78, 5) is 43.3. The first-order chi connectivity index (χ1) is 14.5. The minimum absolute atomic E-state index is 0.0454. The number of fused-ring (bicyclic) bond motifs is 1. The molecule has 0 N–H and O–H groups in total. The zero-order chi connectivity index (χ0) is 21.3. The van der Waals surface area contributed by atoms with E-state index >= 15 is 0 Å². The molecule has 3 heterocycles. The lowest BCUT2D eigenvalue weighted by molar-refractivity contribution is -0.140. The summed E-state index contributed by atoms with van der Waals surface area (Å²) in [5.41, 5.74) is -0.454. The van der Waals surface area contributed by atoms with Gasteiger partial charge in [0.25, 0.3) is 5.56 Å². The summed E-state index contributed by atoms with van der Waals surface area (Å²) < 4.78 is 15.3. The van der Waals surface area contributed by atoms with Crippen LogP contribution in [0.3, 0.4) is 0 Å². The summed E-state index contributed by atoms with van der Waals surface area (Å²) in [7, 11) is 2.95. The largest absolute Gasteiger partial charge is 0.491 e. The zero-order valence-corrected chi connectivity index (χ0v) is 16.9. The first-order valence-electron chi connectivity index (χ1n) is 9.64. The molecule has 1 fully saturated rings. The van der Waals surface area contributed by atoms with Gasteiger partial charge < -0.3 is 18.9 Å². The maximum absolute atomic E-state index is 12.9. The number of morpholine rings is 1. The van der Waals surface area contributed by atoms with E-state index in [0.717, 1.165) is 10.3 Å². The number of carbonyl (C=O) groups excluding carboxylic acids is 1. The average molecular weight is 413 g/mol. The number of rotatable bonds is 5. The molecule has 0 radical (unpaired) electrons. The summed E-state index contributed by atoms with van der Waals surface area (Å²) in [5, 5.41) is 0. The summed E-state index contributed by atoms with van der Waals surface area (Å²) in [6, 6.07) is 9.42. The van der Waals surface area contributed by atoms with Gasteiger partial charge >= 0.3 is 5.69 Å². The number of hydrogen-bond acceptors (Lipinski definition) is 6. The Bertz CT molecular complexity index is 1180. The standard InChI is InChI=1S/C20H23N5O5/c1-22-18-17(19(27)23(2)20(22)28)25(13-21-18)11-16(26)24-8-9-29-15(10-24)12-30-14-6-4-3-5-7-14/h3-7,13,15H,8-12H2,1-2H3. The van der Waals surface area contributed by atoms with Crippen LogP contribution in [0.25, 0.3) is 11.2 Å². The third-order valence-corrected chi connectivity index (χ3v) is 5.19. The summed E-state index contributed by atoms with van der Waals surface area (Å²) in [5.74, 6) is 0.592. The Kier molecular flexibility index (Phi) is 5.40. The number of benzene rings is 1. The van der Waals surface area contributed by atoms with Gasteiger partial charge in [-0.05, 0) is 12.1 Å². The highest BCUT2D eigenvalue weighted by Crippen LogP contribution is 2.13. The van der Waals surface area contributed by atoms with Crippen LogP contribution in [0.2, 0.25) is 0 Å². The molecule has 4 rings (SSSR count). The fraction of sp³-hybridized carbons (Fsp3) is 0.400. The number of para-hydroxylation sites is 1. The van der Waals surface area contributed by atoms with Crippen LogP contribution in [0.15, 0.2) is 46.2 Å². The molecule has 10 nitrogen and oxygen atoms in total. The maximum Gasteiger partial charge on any atom is 0.332 e. The van der Waals surface area contributed by atoms with Gasteiger partial charge in [0.1, 0.15) is 25.0 Å². The van der Waals surface area contributed by atoms with Crippen molar-refractivity contribution in [1.29, 1.82) is 0 Å². The Morgan fingerprint density at radius 1 is 1.20 bits per heavy atom. The van der Waals surface area contributed by atoms with Crippen LogP contribution in [-0.4, -0.2) is 61.9 Å². The molecule has 1 amide bonds. The van der Waals surface area contributed by atoms with E-state index in [-0.39, 0.29) is 29.7 Å². The molecule has 0 aliphatic carbocycles. The third-order valence-electron chi connectivity index (χ3n) is 5.19. The van der Waals surface area contributed by atoms with Gasteiger partial charge in [-0.2, -0.15) is 0 Å². The van der Waals surface area contributed by atoms with Gasteiger partial charge in [-0.15, -0.1) is 0 Å². The number of imidazole rings is 1. The molecule has 1 saturated heterocycles. The topological polar surface area (TPSA) is 101 Å². The quantitative estimate of drug-likeness (QED) is 0.571. The van der Waals surface area contributed by atoms with E-state index in [4.69, 9.17) is 9.47 Å². The average Bonchev–Trinajstić information content (AvgIpc) is 3.19. The van der Waals surface area contributed by atoms with Crippen LogP contribution in [0, 0.1) is 0 Å². The molecule has 0 saturated carbocycles. The van der Waals surface area contributed by atoms with Gasteiger partial charge in [-0.25, -0.2) is 9.78 Å². The molecule has 30 heavy (non-hydrogen) atoms. The van der Waals surface area contributed by atoms with Gasteiger partial charge in [0.15, 0.2) is 11.2 Å². The molecule has 1 aliphatic heterocycles. The number of hydrogen-bond donors (Lipinski definition) is 0. The number of ether oxygens (including phenoxy) is 2. The lowest BCUT2D eigenvalue weighted by atomic mass is 10.2. The number of nitrogens with zero attached hydrogens (tertiary/aromatic N) is 5. The minimum Gasteiger partial charge on any atom is -0.491 e. The van der Waals surface area contributed by atoms with Gasteiger partial charge in [0.05, 0.1) is 19.5 Å². The molecule has 3 aromatic rings. The van der Waals surface area contributed by atoms with Crippen LogP contribution in [0.4, 0.5) is 0 Å². The molecule has 0 spiro atoms. The molecule has 1 atom stereocenters. The van der Waals surface area contributed by atoms with Crippen LogP contribution in [0.5, 0.6) is 5.75 Å². The van der Waals surface area contributed by atoms with Crippen molar-refractivity contribution < 1.29 is 14.3 Å². The van der Waals surface area contributed by atoms with Crippen molar-refractivity contribution in [2.24, 2.45) is 14.1 Å². The van der Waals surface area contributed by atoms with Crippen molar-refractivity contribution in [3.8, 4) is 5.75 Å². The monoisotopic (exact) mass is 413 g/mol. The zero-order valence-electron chi connectivity index (χ0n) is 16.9. The van der Waals surface area contributed by atoms with Gasteiger partial charge in [-0.1, -0.05) is 18.2 Å².